The quantitative estimate of drug-likeness (QED) is 0.716. The summed E-state index contributed by atoms with van der Waals surface area (Å²) >= 11 is 0. The summed E-state index contributed by atoms with van der Waals surface area (Å²) in [5, 5.41) is 3.48. The van der Waals surface area contributed by atoms with Crippen molar-refractivity contribution < 1.29 is 0 Å². The number of hydrogen-bond acceptors (Lipinski definition) is 2. The molecule has 0 unspecified atom stereocenters. The van der Waals surface area contributed by atoms with E-state index < -0.39 is 0 Å². The predicted molar refractivity (Wildman–Crippen MR) is 56.1 cm³/mol. The average Bonchev–Trinajstić information content (AvgIpc) is 2.88. The molecular formula is C11H13N3. The fraction of sp³-hybridized carbons (Fsp3) is 0.364. The van der Waals surface area contributed by atoms with Crippen LogP contribution in [-0.2, 0) is 0 Å². The van der Waals surface area contributed by atoms with E-state index >= 15 is 0 Å². The number of pyridine rings is 1. The van der Waals surface area contributed by atoms with Crippen molar-refractivity contribution in [1.82, 2.24) is 15.3 Å². The average molecular weight is 187 g/mol. The van der Waals surface area contributed by atoms with Gasteiger partial charge in [-0.25, -0.2) is 0 Å². The lowest BCUT2D eigenvalue weighted by atomic mass is 10.1. The maximum absolute atomic E-state index is 4.41. The summed E-state index contributed by atoms with van der Waals surface area (Å²) < 4.78 is 0. The van der Waals surface area contributed by atoms with E-state index in [1.807, 2.05) is 18.5 Å². The van der Waals surface area contributed by atoms with E-state index in [9.17, 15) is 0 Å². The van der Waals surface area contributed by atoms with Crippen LogP contribution in [0.5, 0.6) is 0 Å². The van der Waals surface area contributed by atoms with Gasteiger partial charge < -0.3 is 10.3 Å². The molecule has 1 saturated heterocycles. The van der Waals surface area contributed by atoms with Crippen LogP contribution in [0.25, 0.3) is 11.0 Å². The zero-order valence-electron chi connectivity index (χ0n) is 7.96. The second kappa shape index (κ2) is 3.10. The van der Waals surface area contributed by atoms with Gasteiger partial charge in [0.1, 0.15) is 0 Å². The summed E-state index contributed by atoms with van der Waals surface area (Å²) in [6.07, 6.45) is 6.42. The zero-order valence-corrected chi connectivity index (χ0v) is 7.96. The largest absolute Gasteiger partial charge is 0.360 e. The Balaban J connectivity index is 2.04. The van der Waals surface area contributed by atoms with Crippen LogP contribution in [0.2, 0.25) is 0 Å². The van der Waals surface area contributed by atoms with Crippen LogP contribution in [-0.4, -0.2) is 16.5 Å². The Labute approximate surface area is 82.5 Å². The van der Waals surface area contributed by atoms with Crippen molar-refractivity contribution in [2.45, 2.75) is 18.9 Å². The van der Waals surface area contributed by atoms with Crippen molar-refractivity contribution in [3.05, 3.63) is 30.1 Å². The van der Waals surface area contributed by atoms with Gasteiger partial charge in [-0.15, -0.1) is 0 Å². The van der Waals surface area contributed by atoms with Gasteiger partial charge in [0, 0.05) is 18.4 Å². The van der Waals surface area contributed by atoms with Gasteiger partial charge in [-0.05, 0) is 37.1 Å². The van der Waals surface area contributed by atoms with Crippen LogP contribution < -0.4 is 5.32 Å². The van der Waals surface area contributed by atoms with Gasteiger partial charge in [-0.2, -0.15) is 0 Å². The molecule has 0 spiro atoms. The van der Waals surface area contributed by atoms with Gasteiger partial charge in [0.15, 0.2) is 0 Å². The van der Waals surface area contributed by atoms with Crippen molar-refractivity contribution in [3.8, 4) is 0 Å². The minimum Gasteiger partial charge on any atom is -0.360 e. The van der Waals surface area contributed by atoms with Gasteiger partial charge in [-0.1, -0.05) is 0 Å². The normalized spacial score (nSPS) is 21.9. The summed E-state index contributed by atoms with van der Waals surface area (Å²) in [5.41, 5.74) is 3.49. The highest BCUT2D eigenvalue weighted by Crippen LogP contribution is 2.24. The van der Waals surface area contributed by atoms with E-state index in [0.29, 0.717) is 6.04 Å². The van der Waals surface area contributed by atoms with Gasteiger partial charge in [0.2, 0.25) is 0 Å². The number of aromatic amines is 1. The van der Waals surface area contributed by atoms with Crippen LogP contribution in [0, 0.1) is 0 Å². The first-order valence-corrected chi connectivity index (χ1v) is 5.10. The van der Waals surface area contributed by atoms with E-state index in [1.165, 1.54) is 18.4 Å². The third-order valence-electron chi connectivity index (χ3n) is 2.88. The fourth-order valence-corrected chi connectivity index (χ4v) is 2.11. The molecule has 2 N–H and O–H groups in total. The number of rotatable bonds is 1. The highest BCUT2D eigenvalue weighted by atomic mass is 14.9. The van der Waals surface area contributed by atoms with Gasteiger partial charge in [0.25, 0.3) is 0 Å². The zero-order chi connectivity index (χ0) is 9.38. The van der Waals surface area contributed by atoms with E-state index in [1.54, 1.807) is 0 Å². The van der Waals surface area contributed by atoms with Gasteiger partial charge >= 0.3 is 0 Å². The molecule has 2 aromatic rings. The molecule has 72 valence electrons. The number of nitrogens with zero attached hydrogens (tertiary/aromatic N) is 1. The van der Waals surface area contributed by atoms with Crippen molar-refractivity contribution in [3.63, 3.8) is 0 Å². The Bertz CT molecular complexity index is 440. The first-order valence-electron chi connectivity index (χ1n) is 5.10. The Kier molecular flexibility index (Phi) is 1.77. The number of H-pyrrole nitrogens is 1. The Hall–Kier alpha value is -1.35. The van der Waals surface area contributed by atoms with E-state index in [0.717, 1.165) is 17.6 Å². The third kappa shape index (κ3) is 1.21. The lowest BCUT2D eigenvalue weighted by Crippen LogP contribution is -2.12. The lowest BCUT2D eigenvalue weighted by Gasteiger charge is -2.09. The summed E-state index contributed by atoms with van der Waals surface area (Å²) in [4.78, 5) is 7.61. The fourth-order valence-electron chi connectivity index (χ4n) is 2.11. The maximum atomic E-state index is 4.41. The van der Waals surface area contributed by atoms with Gasteiger partial charge in [0.05, 0.1) is 11.0 Å². The molecule has 1 aliphatic heterocycles. The molecule has 0 radical (unpaired) electrons. The summed E-state index contributed by atoms with van der Waals surface area (Å²) in [6.45, 7) is 1.13. The minimum absolute atomic E-state index is 0.509. The maximum Gasteiger partial charge on any atom is 0.0878 e. The molecule has 0 saturated carbocycles. The molecule has 0 amide bonds. The monoisotopic (exact) mass is 187 g/mol. The SMILES string of the molecule is c1cc2ncc([C@H]3CCCN3)cc2[nH]1. The highest BCUT2D eigenvalue weighted by Gasteiger charge is 2.16. The molecule has 3 heteroatoms. The highest BCUT2D eigenvalue weighted by molar-refractivity contribution is 5.75. The number of fused-ring (bicyclic) bond motifs is 1. The summed E-state index contributed by atoms with van der Waals surface area (Å²) in [6, 6.07) is 4.71. The topological polar surface area (TPSA) is 40.7 Å². The second-order valence-corrected chi connectivity index (χ2v) is 3.83. The molecule has 0 bridgehead atoms. The predicted octanol–water partition coefficient (Wildman–Crippen LogP) is 1.99. The molecule has 0 aromatic carbocycles. The first kappa shape index (κ1) is 8.00. The Morgan fingerprint density at radius 2 is 2.43 bits per heavy atom. The molecule has 1 aliphatic rings. The molecule has 0 aliphatic carbocycles. The molecule has 3 rings (SSSR count). The van der Waals surface area contributed by atoms with E-state index in [2.05, 4.69) is 21.4 Å². The molecule has 3 nitrogen and oxygen atoms in total. The van der Waals surface area contributed by atoms with Crippen LogP contribution in [0.1, 0.15) is 24.4 Å². The van der Waals surface area contributed by atoms with E-state index in [4.69, 9.17) is 0 Å². The van der Waals surface area contributed by atoms with Crippen LogP contribution >= 0.6 is 0 Å². The van der Waals surface area contributed by atoms with Crippen LogP contribution in [0.15, 0.2) is 24.5 Å². The number of hydrogen-bond donors (Lipinski definition) is 2. The minimum atomic E-state index is 0.509. The summed E-state index contributed by atoms with van der Waals surface area (Å²) in [7, 11) is 0. The van der Waals surface area contributed by atoms with E-state index in [-0.39, 0.29) is 0 Å². The second-order valence-electron chi connectivity index (χ2n) is 3.83. The van der Waals surface area contributed by atoms with Crippen LogP contribution in [0.4, 0.5) is 0 Å². The standard InChI is InChI=1S/C11H13N3/c1-2-9(12-4-1)8-6-11-10(14-7-8)3-5-13-11/h3,5-7,9,12-13H,1-2,4H2/t9-/m1/s1. The molecule has 2 aromatic heterocycles. The molecule has 1 atom stereocenters. The summed E-state index contributed by atoms with van der Waals surface area (Å²) in [5.74, 6) is 0. The molecule has 1 fully saturated rings. The number of nitrogens with one attached hydrogen (secondary N) is 2. The smallest absolute Gasteiger partial charge is 0.0878 e. The Morgan fingerprint density at radius 1 is 1.43 bits per heavy atom. The van der Waals surface area contributed by atoms with Crippen molar-refractivity contribution in [2.24, 2.45) is 0 Å². The van der Waals surface area contributed by atoms with Crippen molar-refractivity contribution in [2.75, 3.05) is 6.54 Å². The van der Waals surface area contributed by atoms with Crippen molar-refractivity contribution >= 4 is 11.0 Å². The Morgan fingerprint density at radius 3 is 3.29 bits per heavy atom. The van der Waals surface area contributed by atoms with Crippen LogP contribution in [0.3, 0.4) is 0 Å². The molecule has 3 heterocycles. The lowest BCUT2D eigenvalue weighted by molar-refractivity contribution is 0.646. The third-order valence-corrected chi connectivity index (χ3v) is 2.88. The molecular weight excluding hydrogens is 174 g/mol. The van der Waals surface area contributed by atoms with Crippen molar-refractivity contribution in [1.29, 1.82) is 0 Å². The van der Waals surface area contributed by atoms with Gasteiger partial charge in [-0.3, -0.25) is 4.98 Å². The molecule has 14 heavy (non-hydrogen) atoms. The first-order chi connectivity index (χ1) is 6.93. The number of aromatic nitrogens is 2.